The molecule has 3 aromatic rings. The van der Waals surface area contributed by atoms with Crippen LogP contribution in [0.1, 0.15) is 28.8 Å². The second-order valence-electron chi connectivity index (χ2n) is 6.89. The smallest absolute Gasteiger partial charge is 0.256 e. The Morgan fingerprint density at radius 3 is 2.25 bits per heavy atom. The normalized spacial score (nSPS) is 16.0. The molecule has 4 rings (SSSR count). The van der Waals surface area contributed by atoms with Crippen molar-refractivity contribution in [2.45, 2.75) is 18.4 Å². The maximum absolute atomic E-state index is 12.9. The molecule has 1 amide bonds. The molecule has 1 saturated heterocycles. The van der Waals surface area contributed by atoms with Crippen LogP contribution in [0.3, 0.4) is 0 Å². The lowest BCUT2D eigenvalue weighted by Crippen LogP contribution is -2.46. The zero-order valence-corrected chi connectivity index (χ0v) is 15.8. The van der Waals surface area contributed by atoms with Crippen LogP contribution in [-0.4, -0.2) is 46.0 Å². The van der Waals surface area contributed by atoms with Gasteiger partial charge >= 0.3 is 0 Å². The van der Waals surface area contributed by atoms with E-state index in [-0.39, 0.29) is 11.5 Å². The molecule has 142 valence electrons. The number of rotatable bonds is 4. The maximum atomic E-state index is 12.9. The van der Waals surface area contributed by atoms with Crippen LogP contribution in [0, 0.1) is 0 Å². The Kier molecular flexibility index (Phi) is 5.12. The molecule has 0 spiro atoms. The van der Waals surface area contributed by atoms with Crippen molar-refractivity contribution in [2.75, 3.05) is 20.2 Å². The fourth-order valence-corrected chi connectivity index (χ4v) is 3.69. The number of hydrogen-bond acceptors (Lipinski definition) is 5. The largest absolute Gasteiger partial charge is 0.373 e. The fraction of sp³-hybridized carbons (Fsp3) is 0.273. The summed E-state index contributed by atoms with van der Waals surface area (Å²) in [6.07, 6.45) is 8.10. The molecule has 0 atom stereocenters. The van der Waals surface area contributed by atoms with Crippen LogP contribution in [0.15, 0.2) is 67.3 Å². The number of piperidine rings is 1. The number of hydrogen-bond donors (Lipinski definition) is 0. The van der Waals surface area contributed by atoms with Gasteiger partial charge in [-0.3, -0.25) is 9.78 Å². The van der Waals surface area contributed by atoms with E-state index in [1.807, 2.05) is 35.2 Å². The third-order valence-electron chi connectivity index (χ3n) is 5.39. The molecule has 0 aliphatic carbocycles. The van der Waals surface area contributed by atoms with Gasteiger partial charge in [-0.05, 0) is 30.5 Å². The van der Waals surface area contributed by atoms with Crippen LogP contribution in [0.2, 0.25) is 0 Å². The summed E-state index contributed by atoms with van der Waals surface area (Å²) in [5, 5.41) is 0. The number of ether oxygens (including phenoxy) is 1. The first kappa shape index (κ1) is 18.3. The molecule has 0 unspecified atom stereocenters. The molecule has 6 heteroatoms. The quantitative estimate of drug-likeness (QED) is 0.701. The van der Waals surface area contributed by atoms with Gasteiger partial charge in [0.05, 0.1) is 11.2 Å². The molecular formula is C22H22N4O2. The van der Waals surface area contributed by atoms with Gasteiger partial charge in [-0.25, -0.2) is 9.97 Å². The van der Waals surface area contributed by atoms with E-state index in [1.54, 1.807) is 31.9 Å². The van der Waals surface area contributed by atoms with Gasteiger partial charge in [-0.1, -0.05) is 30.3 Å². The zero-order valence-electron chi connectivity index (χ0n) is 15.8. The minimum absolute atomic E-state index is 0.0426. The molecule has 6 nitrogen and oxygen atoms in total. The molecular weight excluding hydrogens is 352 g/mol. The van der Waals surface area contributed by atoms with Gasteiger partial charge in [-0.15, -0.1) is 0 Å². The number of methoxy groups -OCH3 is 1. The number of likely N-dealkylation sites (tertiary alicyclic amines) is 1. The van der Waals surface area contributed by atoms with Gasteiger partial charge in [0.1, 0.15) is 0 Å². The minimum Gasteiger partial charge on any atom is -0.373 e. The first-order valence-corrected chi connectivity index (χ1v) is 9.34. The average molecular weight is 374 g/mol. The second kappa shape index (κ2) is 7.86. The van der Waals surface area contributed by atoms with Crippen LogP contribution >= 0.6 is 0 Å². The topological polar surface area (TPSA) is 68.2 Å². The highest BCUT2D eigenvalue weighted by Crippen LogP contribution is 2.36. The highest BCUT2D eigenvalue weighted by Gasteiger charge is 2.37. The Hall–Kier alpha value is -3.12. The summed E-state index contributed by atoms with van der Waals surface area (Å²) >= 11 is 0. The third-order valence-corrected chi connectivity index (χ3v) is 5.39. The van der Waals surface area contributed by atoms with Crippen LogP contribution < -0.4 is 0 Å². The lowest BCUT2D eigenvalue weighted by Gasteiger charge is -2.41. The zero-order chi connectivity index (χ0) is 19.4. The predicted octanol–water partition coefficient (Wildman–Crippen LogP) is 3.32. The summed E-state index contributed by atoms with van der Waals surface area (Å²) in [6.45, 7) is 1.27. The summed E-state index contributed by atoms with van der Waals surface area (Å²) in [5.41, 5.74) is 2.21. The van der Waals surface area contributed by atoms with Crippen LogP contribution in [-0.2, 0) is 10.3 Å². The summed E-state index contributed by atoms with van der Waals surface area (Å²) < 4.78 is 5.90. The van der Waals surface area contributed by atoms with Crippen molar-refractivity contribution in [1.82, 2.24) is 19.9 Å². The van der Waals surface area contributed by atoms with Gasteiger partial charge in [0.25, 0.3) is 5.91 Å². The molecule has 28 heavy (non-hydrogen) atoms. The summed E-state index contributed by atoms with van der Waals surface area (Å²) in [5.74, 6) is 0.541. The van der Waals surface area contributed by atoms with E-state index in [0.29, 0.717) is 24.5 Å². The molecule has 3 heterocycles. The Balaban J connectivity index is 1.45. The van der Waals surface area contributed by atoms with E-state index in [0.717, 1.165) is 24.0 Å². The van der Waals surface area contributed by atoms with Crippen molar-refractivity contribution in [3.05, 3.63) is 78.4 Å². The van der Waals surface area contributed by atoms with Crippen molar-refractivity contribution in [2.24, 2.45) is 0 Å². The summed E-state index contributed by atoms with van der Waals surface area (Å²) in [7, 11) is 1.75. The van der Waals surface area contributed by atoms with Crippen molar-refractivity contribution in [3.8, 4) is 11.4 Å². The van der Waals surface area contributed by atoms with Gasteiger partial charge in [0.2, 0.25) is 0 Å². The molecule has 0 bridgehead atoms. The maximum Gasteiger partial charge on any atom is 0.256 e. The van der Waals surface area contributed by atoms with Crippen molar-refractivity contribution in [3.63, 3.8) is 0 Å². The number of benzene rings is 1. The first-order chi connectivity index (χ1) is 13.7. The first-order valence-electron chi connectivity index (χ1n) is 9.34. The summed E-state index contributed by atoms with van der Waals surface area (Å²) in [4.78, 5) is 27.4. The van der Waals surface area contributed by atoms with Gasteiger partial charge < -0.3 is 9.64 Å². The highest BCUT2D eigenvalue weighted by molar-refractivity contribution is 5.93. The van der Waals surface area contributed by atoms with E-state index in [2.05, 4.69) is 27.1 Å². The van der Waals surface area contributed by atoms with Crippen molar-refractivity contribution in [1.29, 1.82) is 0 Å². The molecule has 0 saturated carbocycles. The van der Waals surface area contributed by atoms with E-state index in [4.69, 9.17) is 4.74 Å². The second-order valence-corrected chi connectivity index (χ2v) is 6.89. The Labute approximate surface area is 164 Å². The van der Waals surface area contributed by atoms with Crippen molar-refractivity contribution >= 4 is 5.91 Å². The lowest BCUT2D eigenvalue weighted by molar-refractivity contribution is -0.0574. The van der Waals surface area contributed by atoms with Crippen molar-refractivity contribution < 1.29 is 9.53 Å². The van der Waals surface area contributed by atoms with Crippen LogP contribution in [0.25, 0.3) is 11.4 Å². The molecule has 2 aromatic heterocycles. The predicted molar refractivity (Wildman–Crippen MR) is 106 cm³/mol. The standard InChI is InChI=1S/C22H22N4O2/c1-28-22(19-5-3-2-4-6-19)9-13-26(14-10-22)21(27)18-15-24-20(25-16-18)17-7-11-23-12-8-17/h2-8,11-12,15-16H,9-10,13-14H2,1H3. The third kappa shape index (κ3) is 3.51. The van der Waals surface area contributed by atoms with Gasteiger partial charge in [0, 0.05) is 50.6 Å². The number of amides is 1. The van der Waals surface area contributed by atoms with E-state index < -0.39 is 0 Å². The SMILES string of the molecule is COC1(c2ccccc2)CCN(C(=O)c2cnc(-c3ccncc3)nc2)CC1. The lowest BCUT2D eigenvalue weighted by atomic mass is 9.84. The Morgan fingerprint density at radius 1 is 1.00 bits per heavy atom. The van der Waals surface area contributed by atoms with E-state index in [1.165, 1.54) is 0 Å². The monoisotopic (exact) mass is 374 g/mol. The number of nitrogens with zero attached hydrogens (tertiary/aromatic N) is 4. The number of pyridine rings is 1. The molecule has 0 N–H and O–H groups in total. The number of carbonyl (C=O) groups is 1. The summed E-state index contributed by atoms with van der Waals surface area (Å²) in [6, 6.07) is 13.9. The Bertz CT molecular complexity index is 922. The molecule has 1 aliphatic rings. The molecule has 0 radical (unpaired) electrons. The number of aromatic nitrogens is 3. The fourth-order valence-electron chi connectivity index (χ4n) is 3.69. The van der Waals surface area contributed by atoms with Crippen LogP contribution in [0.5, 0.6) is 0 Å². The molecule has 1 aliphatic heterocycles. The molecule has 1 fully saturated rings. The van der Waals surface area contributed by atoms with Gasteiger partial charge in [-0.2, -0.15) is 0 Å². The highest BCUT2D eigenvalue weighted by atomic mass is 16.5. The Morgan fingerprint density at radius 2 is 1.64 bits per heavy atom. The number of carbonyl (C=O) groups excluding carboxylic acids is 1. The minimum atomic E-state index is -0.334. The molecule has 1 aromatic carbocycles. The van der Waals surface area contributed by atoms with E-state index in [9.17, 15) is 4.79 Å². The average Bonchev–Trinajstić information content (AvgIpc) is 2.80. The van der Waals surface area contributed by atoms with Crippen LogP contribution in [0.4, 0.5) is 0 Å². The van der Waals surface area contributed by atoms with E-state index >= 15 is 0 Å². The van der Waals surface area contributed by atoms with Gasteiger partial charge in [0.15, 0.2) is 5.82 Å².